The van der Waals surface area contributed by atoms with Crippen LogP contribution in [0.25, 0.3) is 21.9 Å². The number of fused-ring (bicyclic) bond motifs is 4. The van der Waals surface area contributed by atoms with Gasteiger partial charge in [0.1, 0.15) is 11.0 Å². The minimum absolute atomic E-state index is 0.0374. The van der Waals surface area contributed by atoms with Gasteiger partial charge in [0, 0.05) is 30.2 Å². The molecular weight excluding hydrogens is 384 g/mol. The Kier molecular flexibility index (Phi) is 4.39. The van der Waals surface area contributed by atoms with Crippen LogP contribution in [0, 0.1) is 0 Å². The smallest absolute Gasteiger partial charge is 0.278 e. The lowest BCUT2D eigenvalue weighted by atomic mass is 10.0. The van der Waals surface area contributed by atoms with Crippen molar-refractivity contribution >= 4 is 45.3 Å². The average molecular weight is 404 g/mol. The van der Waals surface area contributed by atoms with E-state index in [0.717, 1.165) is 36.0 Å². The molecule has 1 aliphatic heterocycles. The normalized spacial score (nSPS) is 13.8. The van der Waals surface area contributed by atoms with Crippen LogP contribution in [0.4, 0.5) is 5.69 Å². The molecule has 0 atom stereocenters. The van der Waals surface area contributed by atoms with E-state index in [1.54, 1.807) is 7.05 Å². The van der Waals surface area contributed by atoms with Crippen LogP contribution < -0.4 is 10.5 Å². The van der Waals surface area contributed by atoms with E-state index in [0.29, 0.717) is 16.2 Å². The van der Waals surface area contributed by atoms with E-state index >= 15 is 0 Å². The Morgan fingerprint density at radius 2 is 1.97 bits per heavy atom. The van der Waals surface area contributed by atoms with Crippen molar-refractivity contribution in [3.8, 4) is 0 Å². The minimum atomic E-state index is -0.135. The summed E-state index contributed by atoms with van der Waals surface area (Å²) in [5, 5.41) is 1.46. The summed E-state index contributed by atoms with van der Waals surface area (Å²) >= 11 is 1.31. The number of carbonyl (C=O) groups excluding carboxylic acids is 1. The first-order valence-corrected chi connectivity index (χ1v) is 10.6. The van der Waals surface area contributed by atoms with Gasteiger partial charge in [0.2, 0.25) is 5.91 Å². The van der Waals surface area contributed by atoms with E-state index in [4.69, 9.17) is 4.98 Å². The topological polar surface area (TPSA) is 71.0 Å². The Labute approximate surface area is 171 Å². The van der Waals surface area contributed by atoms with Crippen molar-refractivity contribution in [3.05, 3.63) is 64.4 Å². The molecule has 3 heterocycles. The highest BCUT2D eigenvalue weighted by Crippen LogP contribution is 2.28. The molecule has 5 rings (SSSR count). The summed E-state index contributed by atoms with van der Waals surface area (Å²) in [7, 11) is 1.70. The first kappa shape index (κ1) is 18.0. The van der Waals surface area contributed by atoms with Crippen LogP contribution >= 0.6 is 11.8 Å². The van der Waals surface area contributed by atoms with Gasteiger partial charge < -0.3 is 9.88 Å². The summed E-state index contributed by atoms with van der Waals surface area (Å²) in [5.74, 6) is 0.276. The largest absolute Gasteiger partial charge is 0.349 e. The molecule has 146 valence electrons. The van der Waals surface area contributed by atoms with Gasteiger partial charge in [-0.25, -0.2) is 4.98 Å². The average Bonchev–Trinajstić information content (AvgIpc) is 3.13. The first-order valence-electron chi connectivity index (χ1n) is 9.62. The zero-order chi connectivity index (χ0) is 20.0. The highest BCUT2D eigenvalue weighted by Gasteiger charge is 2.23. The number of amides is 1. The quantitative estimate of drug-likeness (QED) is 0.419. The Bertz CT molecular complexity index is 1310. The maximum absolute atomic E-state index is 12.9. The van der Waals surface area contributed by atoms with Crippen molar-refractivity contribution in [2.45, 2.75) is 18.0 Å². The predicted molar refractivity (Wildman–Crippen MR) is 117 cm³/mol. The molecule has 0 fully saturated rings. The van der Waals surface area contributed by atoms with E-state index < -0.39 is 0 Å². The maximum atomic E-state index is 12.9. The molecule has 0 saturated carbocycles. The highest BCUT2D eigenvalue weighted by molar-refractivity contribution is 7.99. The zero-order valence-electron chi connectivity index (χ0n) is 16.0. The summed E-state index contributed by atoms with van der Waals surface area (Å²) in [6, 6.07) is 15.8. The summed E-state index contributed by atoms with van der Waals surface area (Å²) in [6.45, 7) is 0.726. The van der Waals surface area contributed by atoms with E-state index in [1.165, 1.54) is 21.9 Å². The summed E-state index contributed by atoms with van der Waals surface area (Å²) in [5.41, 5.74) is 4.11. The molecule has 0 unspecified atom stereocenters. The lowest BCUT2D eigenvalue weighted by Crippen LogP contribution is -2.36. The van der Waals surface area contributed by atoms with Crippen LogP contribution in [0.1, 0.15) is 12.0 Å². The monoisotopic (exact) mass is 404 g/mol. The van der Waals surface area contributed by atoms with Crippen LogP contribution in [-0.2, 0) is 18.3 Å². The SMILES string of the molecule is Cn1c(SCC(=O)N2CCCc3ccccc32)nc2c([nH]c3ccccc32)c1=O. The van der Waals surface area contributed by atoms with Gasteiger partial charge >= 0.3 is 0 Å². The van der Waals surface area contributed by atoms with Crippen molar-refractivity contribution in [1.82, 2.24) is 14.5 Å². The standard InChI is InChI=1S/C22H20N4O2S/c1-25-21(28)20-19(15-9-3-4-10-16(15)23-20)24-22(25)29-13-18(27)26-12-6-8-14-7-2-5-11-17(14)26/h2-5,7,9-11,23H,6,8,12-13H2,1H3. The number of carbonyl (C=O) groups is 1. The summed E-state index contributed by atoms with van der Waals surface area (Å²) in [4.78, 5) is 35.5. The van der Waals surface area contributed by atoms with E-state index in [1.807, 2.05) is 47.4 Å². The second-order valence-electron chi connectivity index (χ2n) is 7.22. The number of nitrogens with zero attached hydrogens (tertiary/aromatic N) is 3. The molecule has 0 bridgehead atoms. The molecule has 4 aromatic rings. The minimum Gasteiger partial charge on any atom is -0.349 e. The maximum Gasteiger partial charge on any atom is 0.278 e. The summed E-state index contributed by atoms with van der Waals surface area (Å²) < 4.78 is 1.51. The molecular formula is C22H20N4O2S. The molecule has 2 aromatic heterocycles. The number of aromatic nitrogens is 3. The molecule has 1 N–H and O–H groups in total. The molecule has 0 saturated heterocycles. The second kappa shape index (κ2) is 7.08. The van der Waals surface area contributed by atoms with Crippen molar-refractivity contribution < 1.29 is 4.79 Å². The second-order valence-corrected chi connectivity index (χ2v) is 8.16. The van der Waals surface area contributed by atoms with Gasteiger partial charge in [-0.2, -0.15) is 0 Å². The number of aryl methyl sites for hydroxylation is 1. The van der Waals surface area contributed by atoms with Gasteiger partial charge in [0.25, 0.3) is 5.56 Å². The number of para-hydroxylation sites is 2. The molecule has 7 heteroatoms. The third-order valence-corrected chi connectivity index (χ3v) is 6.44. The lowest BCUT2D eigenvalue weighted by Gasteiger charge is -2.29. The predicted octanol–water partition coefficient (Wildman–Crippen LogP) is 3.49. The third kappa shape index (κ3) is 3.02. The molecule has 29 heavy (non-hydrogen) atoms. The number of H-pyrrole nitrogens is 1. The van der Waals surface area contributed by atoms with Crippen molar-refractivity contribution in [3.63, 3.8) is 0 Å². The number of benzene rings is 2. The number of nitrogens with one attached hydrogen (secondary N) is 1. The highest BCUT2D eigenvalue weighted by atomic mass is 32.2. The van der Waals surface area contributed by atoms with Crippen LogP contribution in [0.2, 0.25) is 0 Å². The van der Waals surface area contributed by atoms with Crippen LogP contribution in [0.3, 0.4) is 0 Å². The fourth-order valence-corrected chi connectivity index (χ4v) is 4.79. The van der Waals surface area contributed by atoms with Crippen molar-refractivity contribution in [1.29, 1.82) is 0 Å². The van der Waals surface area contributed by atoms with Gasteiger partial charge in [-0.1, -0.05) is 48.2 Å². The zero-order valence-corrected chi connectivity index (χ0v) is 16.8. The fraction of sp³-hybridized carbons (Fsp3) is 0.227. The number of rotatable bonds is 3. The van der Waals surface area contributed by atoms with Crippen molar-refractivity contribution in [2.24, 2.45) is 7.05 Å². The van der Waals surface area contributed by atoms with Gasteiger partial charge in [-0.15, -0.1) is 0 Å². The number of aromatic amines is 1. The van der Waals surface area contributed by atoms with Gasteiger partial charge in [-0.05, 0) is 30.5 Å². The third-order valence-electron chi connectivity index (χ3n) is 5.43. The first-order chi connectivity index (χ1) is 14.1. The van der Waals surface area contributed by atoms with Crippen LogP contribution in [-0.4, -0.2) is 32.7 Å². The molecule has 6 nitrogen and oxygen atoms in total. The van der Waals surface area contributed by atoms with Crippen LogP contribution in [0.5, 0.6) is 0 Å². The Morgan fingerprint density at radius 1 is 1.17 bits per heavy atom. The molecule has 1 aliphatic rings. The molecule has 0 radical (unpaired) electrons. The number of hydrogen-bond acceptors (Lipinski definition) is 4. The van der Waals surface area contributed by atoms with Crippen LogP contribution in [0.15, 0.2) is 58.5 Å². The van der Waals surface area contributed by atoms with Gasteiger partial charge in [0.05, 0.1) is 5.75 Å². The molecule has 0 spiro atoms. The summed E-state index contributed by atoms with van der Waals surface area (Å²) in [6.07, 6.45) is 1.96. The molecule has 2 aromatic carbocycles. The van der Waals surface area contributed by atoms with E-state index in [2.05, 4.69) is 11.1 Å². The van der Waals surface area contributed by atoms with Gasteiger partial charge in [-0.3, -0.25) is 14.2 Å². The number of hydrogen-bond donors (Lipinski definition) is 1. The van der Waals surface area contributed by atoms with Crippen molar-refractivity contribution in [2.75, 3.05) is 17.2 Å². The number of thioether (sulfide) groups is 1. The number of anilines is 1. The molecule has 0 aliphatic carbocycles. The van der Waals surface area contributed by atoms with Gasteiger partial charge in [0.15, 0.2) is 5.16 Å². The van der Waals surface area contributed by atoms with E-state index in [-0.39, 0.29) is 17.2 Å². The fourth-order valence-electron chi connectivity index (χ4n) is 3.95. The Hall–Kier alpha value is -3.06. The lowest BCUT2D eigenvalue weighted by molar-refractivity contribution is -0.116. The molecule has 1 amide bonds. The Morgan fingerprint density at radius 3 is 2.86 bits per heavy atom. The van der Waals surface area contributed by atoms with E-state index in [9.17, 15) is 9.59 Å². The Balaban J connectivity index is 1.45.